The van der Waals surface area contributed by atoms with Gasteiger partial charge >= 0.3 is 15.6 Å². The lowest BCUT2D eigenvalue weighted by Crippen LogP contribution is -2.21. The molecule has 5 aromatic carbocycles. The van der Waals surface area contributed by atoms with Gasteiger partial charge in [-0.3, -0.25) is 4.55 Å². The summed E-state index contributed by atoms with van der Waals surface area (Å²) in [7, 11) is -6.45. The molecule has 1 N–H and O–H groups in total. The molecule has 0 aromatic heterocycles. The zero-order valence-electron chi connectivity index (χ0n) is 20.5. The molecule has 0 aliphatic heterocycles. The second kappa shape index (κ2) is 12.4. The van der Waals surface area contributed by atoms with E-state index in [-0.39, 0.29) is 0 Å². The molecule has 0 heterocycles. The van der Waals surface area contributed by atoms with Gasteiger partial charge in [0.25, 0.3) is 0 Å². The number of halogens is 3. The Hall–Kier alpha value is -3.77. The zero-order valence-corrected chi connectivity index (χ0v) is 22.2. The summed E-state index contributed by atoms with van der Waals surface area (Å²) in [4.78, 5) is 0. The van der Waals surface area contributed by atoms with Crippen LogP contribution in [-0.4, -0.2) is 18.5 Å². The van der Waals surface area contributed by atoms with Gasteiger partial charge in [0, 0.05) is 0 Å². The van der Waals surface area contributed by atoms with Crippen molar-refractivity contribution in [3.05, 3.63) is 140 Å². The van der Waals surface area contributed by atoms with Crippen LogP contribution in [0.2, 0.25) is 0 Å². The molecule has 3 nitrogen and oxygen atoms in total. The van der Waals surface area contributed by atoms with Crippen molar-refractivity contribution in [3.63, 3.8) is 0 Å². The van der Waals surface area contributed by atoms with Crippen LogP contribution in [0.5, 0.6) is 0 Å². The Balaban J connectivity index is 0.000000386. The van der Waals surface area contributed by atoms with Gasteiger partial charge in [0.2, 0.25) is 0 Å². The van der Waals surface area contributed by atoms with Gasteiger partial charge in [-0.1, -0.05) is 140 Å². The molecule has 0 amide bonds. The third-order valence-corrected chi connectivity index (χ3v) is 8.80. The van der Waals surface area contributed by atoms with Crippen LogP contribution in [0, 0.1) is 0 Å². The van der Waals surface area contributed by atoms with Gasteiger partial charge in [-0.25, -0.2) is 0 Å². The van der Waals surface area contributed by atoms with Crippen molar-refractivity contribution in [2.75, 3.05) is 0 Å². The fourth-order valence-electron chi connectivity index (χ4n) is 3.89. The lowest BCUT2D eigenvalue weighted by Gasteiger charge is -2.20. The second-order valence-electron chi connectivity index (χ2n) is 8.42. The molecule has 0 fully saturated rings. The molecule has 0 unspecified atom stereocenters. The molecule has 0 atom stereocenters. The maximum Gasteiger partial charge on any atom is 0.522 e. The van der Waals surface area contributed by atoms with Gasteiger partial charge in [-0.05, 0) is 46.1 Å². The topological polar surface area (TPSA) is 54.4 Å². The molecular weight excluding hydrogens is 540 g/mol. The standard InChI is InChI=1S/C30H23P.CHF3O3S/c1-4-10-24(11-5-1)26-16-20-29(21-17-26)31(28-14-8-3-9-15-28)30-22-18-27(19-23-30)25-12-6-2-7-13-25;2-1(3,4)8(5,6)7/h1-23H;(H,5,6,7). The van der Waals surface area contributed by atoms with Crippen LogP contribution in [0.15, 0.2) is 140 Å². The monoisotopic (exact) mass is 564 g/mol. The van der Waals surface area contributed by atoms with E-state index in [0.29, 0.717) is 0 Å². The van der Waals surface area contributed by atoms with Gasteiger partial charge < -0.3 is 0 Å². The van der Waals surface area contributed by atoms with E-state index in [1.165, 1.54) is 38.2 Å². The number of hydrogen-bond acceptors (Lipinski definition) is 2. The molecule has 0 saturated carbocycles. The first-order valence-electron chi connectivity index (χ1n) is 11.8. The van der Waals surface area contributed by atoms with E-state index >= 15 is 0 Å². The predicted octanol–water partition coefficient (Wildman–Crippen LogP) is 7.17. The smallest absolute Gasteiger partial charge is 0.279 e. The Morgan fingerprint density at radius 2 is 0.718 bits per heavy atom. The molecule has 5 rings (SSSR count). The number of benzene rings is 5. The lowest BCUT2D eigenvalue weighted by atomic mass is 10.1. The fraction of sp³-hybridized carbons (Fsp3) is 0.0323. The summed E-state index contributed by atoms with van der Waals surface area (Å²) in [6, 6.07) is 50.2. The van der Waals surface area contributed by atoms with Gasteiger partial charge in [0.05, 0.1) is 0 Å². The van der Waals surface area contributed by atoms with Gasteiger partial charge in [0.1, 0.15) is 0 Å². The van der Waals surface area contributed by atoms with E-state index in [0.717, 1.165) is 0 Å². The van der Waals surface area contributed by atoms with E-state index in [9.17, 15) is 13.2 Å². The predicted molar refractivity (Wildman–Crippen MR) is 154 cm³/mol. The van der Waals surface area contributed by atoms with E-state index in [1.807, 2.05) is 0 Å². The lowest BCUT2D eigenvalue weighted by molar-refractivity contribution is -0.0510. The largest absolute Gasteiger partial charge is 0.522 e. The average Bonchev–Trinajstić information content (AvgIpc) is 2.95. The second-order valence-corrected chi connectivity index (χ2v) is 12.1. The van der Waals surface area contributed by atoms with Crippen molar-refractivity contribution in [3.8, 4) is 22.3 Å². The van der Waals surface area contributed by atoms with Crippen LogP contribution in [0.25, 0.3) is 22.3 Å². The normalized spacial score (nSPS) is 11.5. The van der Waals surface area contributed by atoms with E-state index < -0.39 is 23.5 Å². The van der Waals surface area contributed by atoms with Gasteiger partial charge in [0.15, 0.2) is 0 Å². The van der Waals surface area contributed by atoms with Crippen LogP contribution in [0.1, 0.15) is 0 Å². The highest BCUT2D eigenvalue weighted by Crippen LogP contribution is 2.34. The minimum atomic E-state index is -5.84. The van der Waals surface area contributed by atoms with Crippen LogP contribution >= 0.6 is 7.92 Å². The Morgan fingerprint density at radius 1 is 0.462 bits per heavy atom. The number of alkyl halides is 3. The minimum absolute atomic E-state index is 0.609. The Morgan fingerprint density at radius 3 is 1.03 bits per heavy atom. The third kappa shape index (κ3) is 7.42. The summed E-state index contributed by atoms with van der Waals surface area (Å²) in [6.45, 7) is 0. The molecule has 0 radical (unpaired) electrons. The fourth-order valence-corrected chi connectivity index (χ4v) is 6.15. The van der Waals surface area contributed by atoms with Gasteiger partial charge in [-0.2, -0.15) is 21.6 Å². The summed E-state index contributed by atoms with van der Waals surface area (Å²) >= 11 is 0. The SMILES string of the molecule is O=S(=O)(O)C(F)(F)F.c1ccc(-c2ccc(P(c3ccccc3)c3ccc(-c4ccccc4)cc3)cc2)cc1. The average molecular weight is 565 g/mol. The summed E-state index contributed by atoms with van der Waals surface area (Å²) in [5, 5.41) is 4.11. The van der Waals surface area contributed by atoms with Crippen LogP contribution in [0.3, 0.4) is 0 Å². The van der Waals surface area contributed by atoms with Crippen LogP contribution < -0.4 is 15.9 Å². The summed E-state index contributed by atoms with van der Waals surface area (Å²) < 4.78 is 57.5. The Labute approximate surface area is 227 Å². The first-order chi connectivity index (χ1) is 18.6. The quantitative estimate of drug-likeness (QED) is 0.140. The van der Waals surface area contributed by atoms with Crippen LogP contribution in [-0.2, 0) is 10.1 Å². The van der Waals surface area contributed by atoms with Crippen LogP contribution in [0.4, 0.5) is 13.2 Å². The highest BCUT2D eigenvalue weighted by molar-refractivity contribution is 7.86. The molecule has 5 aromatic rings. The minimum Gasteiger partial charge on any atom is -0.279 e. The zero-order chi connectivity index (χ0) is 27.9. The Bertz CT molecular complexity index is 1490. The summed E-state index contributed by atoms with van der Waals surface area (Å²) in [5.74, 6) is 0. The molecule has 0 bridgehead atoms. The van der Waals surface area contributed by atoms with Crippen molar-refractivity contribution in [1.29, 1.82) is 0 Å². The molecule has 198 valence electrons. The van der Waals surface area contributed by atoms with E-state index in [4.69, 9.17) is 13.0 Å². The van der Waals surface area contributed by atoms with E-state index in [1.54, 1.807) is 0 Å². The highest BCUT2D eigenvalue weighted by atomic mass is 32.2. The maximum atomic E-state index is 10.7. The molecule has 0 saturated heterocycles. The highest BCUT2D eigenvalue weighted by Gasteiger charge is 2.44. The number of rotatable bonds is 5. The molecule has 0 spiro atoms. The molecular formula is C31H24F3O3PS. The summed E-state index contributed by atoms with van der Waals surface area (Å²) in [6.07, 6.45) is 0. The third-order valence-electron chi connectivity index (χ3n) is 5.77. The van der Waals surface area contributed by atoms with Crippen molar-refractivity contribution < 1.29 is 26.1 Å². The molecule has 39 heavy (non-hydrogen) atoms. The van der Waals surface area contributed by atoms with Gasteiger partial charge in [-0.15, -0.1) is 0 Å². The van der Waals surface area contributed by atoms with Crippen molar-refractivity contribution in [2.24, 2.45) is 0 Å². The molecule has 8 heteroatoms. The maximum absolute atomic E-state index is 10.7. The van der Waals surface area contributed by atoms with Crippen molar-refractivity contribution >= 4 is 34.0 Å². The molecule has 0 aliphatic carbocycles. The first kappa shape index (κ1) is 28.2. The van der Waals surface area contributed by atoms with Crippen molar-refractivity contribution in [1.82, 2.24) is 0 Å². The number of hydrogen-bond donors (Lipinski definition) is 1. The Kier molecular flexibility index (Phi) is 8.97. The van der Waals surface area contributed by atoms with Crippen molar-refractivity contribution in [2.45, 2.75) is 5.51 Å². The summed E-state index contributed by atoms with van der Waals surface area (Å²) in [5.41, 5.74) is -0.512. The van der Waals surface area contributed by atoms with E-state index in [2.05, 4.69) is 140 Å². The first-order valence-corrected chi connectivity index (χ1v) is 14.6. The molecule has 0 aliphatic rings.